The summed E-state index contributed by atoms with van der Waals surface area (Å²) in [5.74, 6) is 2.33. The van der Waals surface area contributed by atoms with Gasteiger partial charge >= 0.3 is 5.97 Å². The number of esters is 1. The molecule has 1 heterocycles. The van der Waals surface area contributed by atoms with E-state index in [9.17, 15) is 4.79 Å². The molecule has 4 rings (SSSR count). The molecule has 0 bridgehead atoms. The summed E-state index contributed by atoms with van der Waals surface area (Å²) in [6, 6.07) is 24.7. The van der Waals surface area contributed by atoms with E-state index < -0.39 is 0 Å². The van der Waals surface area contributed by atoms with E-state index in [-0.39, 0.29) is 17.3 Å². The monoisotopic (exact) mass is 543 g/mol. The van der Waals surface area contributed by atoms with Crippen molar-refractivity contribution in [3.8, 4) is 34.0 Å². The van der Waals surface area contributed by atoms with Gasteiger partial charge in [-0.2, -0.15) is 11.8 Å². The third kappa shape index (κ3) is 7.80. The molecule has 0 radical (unpaired) electrons. The summed E-state index contributed by atoms with van der Waals surface area (Å²) in [6.45, 7) is 9.48. The Bertz CT molecular complexity index is 1340. The van der Waals surface area contributed by atoms with Gasteiger partial charge in [-0.15, -0.1) is 10.2 Å². The number of nitrogens with two attached hydrogens (primary N) is 1. The van der Waals surface area contributed by atoms with Crippen molar-refractivity contribution < 1.29 is 13.9 Å². The maximum atomic E-state index is 12.1. The highest BCUT2D eigenvalue weighted by atomic mass is 32.2. The lowest BCUT2D eigenvalue weighted by Gasteiger charge is -2.18. The van der Waals surface area contributed by atoms with Crippen LogP contribution in [0.2, 0.25) is 0 Å². The predicted octanol–water partition coefficient (Wildman–Crippen LogP) is 6.78. The van der Waals surface area contributed by atoms with Crippen LogP contribution in [0.1, 0.15) is 38.8 Å². The van der Waals surface area contributed by atoms with Crippen molar-refractivity contribution in [2.75, 3.05) is 24.7 Å². The van der Waals surface area contributed by atoms with Crippen LogP contribution in [-0.2, 0) is 21.4 Å². The number of hydrogen-bond donors (Lipinski definition) is 1. The van der Waals surface area contributed by atoms with Crippen LogP contribution in [0.15, 0.2) is 77.2 Å². The number of nitrogens with zero attached hydrogens (tertiary/aromatic N) is 2. The molecule has 204 valence electrons. The van der Waals surface area contributed by atoms with Crippen molar-refractivity contribution >= 4 is 17.7 Å². The molecule has 6 nitrogen and oxygen atoms in total. The Morgan fingerprint density at radius 1 is 0.872 bits per heavy atom. The second-order valence-corrected chi connectivity index (χ2v) is 11.8. The molecule has 0 aliphatic rings. The summed E-state index contributed by atoms with van der Waals surface area (Å²) in [6.07, 6.45) is 0.687. The summed E-state index contributed by atoms with van der Waals surface area (Å²) in [7, 11) is 0. The fourth-order valence-corrected chi connectivity index (χ4v) is 4.88. The van der Waals surface area contributed by atoms with E-state index in [1.54, 1.807) is 11.8 Å². The van der Waals surface area contributed by atoms with Gasteiger partial charge in [-0.25, -0.2) is 0 Å². The fraction of sp³-hybridized carbons (Fsp3) is 0.344. The molecular formula is C32H37N3O3S. The van der Waals surface area contributed by atoms with Crippen LogP contribution in [-0.4, -0.2) is 40.8 Å². The van der Waals surface area contributed by atoms with Crippen molar-refractivity contribution in [2.24, 2.45) is 11.7 Å². The van der Waals surface area contributed by atoms with Crippen molar-refractivity contribution in [3.05, 3.63) is 83.9 Å². The first-order valence-electron chi connectivity index (χ1n) is 13.3. The molecule has 39 heavy (non-hydrogen) atoms. The zero-order chi connectivity index (χ0) is 27.8. The first-order valence-corrected chi connectivity index (χ1v) is 14.5. The smallest absolute Gasteiger partial charge is 0.309 e. The molecule has 0 aliphatic heterocycles. The highest BCUT2D eigenvalue weighted by Gasteiger charge is 2.16. The molecule has 0 aliphatic carbocycles. The molecule has 0 saturated carbocycles. The summed E-state index contributed by atoms with van der Waals surface area (Å²) in [4.78, 5) is 12.1. The predicted molar refractivity (Wildman–Crippen MR) is 160 cm³/mol. The van der Waals surface area contributed by atoms with Gasteiger partial charge < -0.3 is 14.9 Å². The molecule has 3 aromatic carbocycles. The Balaban J connectivity index is 1.32. The van der Waals surface area contributed by atoms with Gasteiger partial charge in [0.05, 0.1) is 12.5 Å². The standard InChI is InChI=1S/C32H37N3O3S/c1-22(21-39-20-18-33)31(36)37-19-17-23-5-7-24(8-6-23)25-9-11-26(12-10-25)29-34-35-30(38-29)27-13-15-28(16-14-27)32(2,3)4/h5-16,22H,17-21,33H2,1-4H3. The van der Waals surface area contributed by atoms with Gasteiger partial charge in [0.2, 0.25) is 11.8 Å². The third-order valence-electron chi connectivity index (χ3n) is 6.51. The number of benzene rings is 3. The summed E-state index contributed by atoms with van der Waals surface area (Å²) in [5.41, 5.74) is 12.0. The number of thioether (sulfide) groups is 1. The van der Waals surface area contributed by atoms with Gasteiger partial charge in [0, 0.05) is 35.6 Å². The molecule has 4 aromatic rings. The number of aromatic nitrogens is 2. The van der Waals surface area contributed by atoms with Crippen molar-refractivity contribution in [3.63, 3.8) is 0 Å². The van der Waals surface area contributed by atoms with Crippen LogP contribution in [0.3, 0.4) is 0 Å². The van der Waals surface area contributed by atoms with Crippen LogP contribution < -0.4 is 5.73 Å². The van der Waals surface area contributed by atoms with Gasteiger partial charge in [-0.1, -0.05) is 76.2 Å². The summed E-state index contributed by atoms with van der Waals surface area (Å²) >= 11 is 1.68. The molecule has 0 fully saturated rings. The van der Waals surface area contributed by atoms with Gasteiger partial charge in [0.15, 0.2) is 0 Å². The minimum Gasteiger partial charge on any atom is -0.465 e. The van der Waals surface area contributed by atoms with E-state index in [4.69, 9.17) is 14.9 Å². The number of rotatable bonds is 11. The Labute approximate surface area is 235 Å². The van der Waals surface area contributed by atoms with E-state index in [2.05, 4.69) is 79.5 Å². The van der Waals surface area contributed by atoms with Crippen molar-refractivity contribution in [1.29, 1.82) is 0 Å². The van der Waals surface area contributed by atoms with Crippen LogP contribution in [0.4, 0.5) is 0 Å². The maximum Gasteiger partial charge on any atom is 0.309 e. The average Bonchev–Trinajstić information content (AvgIpc) is 3.44. The zero-order valence-corrected chi connectivity index (χ0v) is 24.0. The molecule has 1 aromatic heterocycles. The molecule has 0 spiro atoms. The second kappa shape index (κ2) is 13.1. The average molecular weight is 544 g/mol. The molecule has 1 unspecified atom stereocenters. The lowest BCUT2D eigenvalue weighted by Crippen LogP contribution is -2.19. The number of carbonyl (C=O) groups is 1. The van der Waals surface area contributed by atoms with Crippen molar-refractivity contribution in [1.82, 2.24) is 10.2 Å². The van der Waals surface area contributed by atoms with Gasteiger partial charge in [-0.05, 0) is 51.9 Å². The van der Waals surface area contributed by atoms with E-state index >= 15 is 0 Å². The SMILES string of the molecule is CC(CSCCN)C(=O)OCCc1ccc(-c2ccc(-c3nnc(-c4ccc(C(C)(C)C)cc4)o3)cc2)cc1. The molecule has 7 heteroatoms. The lowest BCUT2D eigenvalue weighted by atomic mass is 9.87. The minimum atomic E-state index is -0.150. The zero-order valence-electron chi connectivity index (χ0n) is 23.1. The maximum absolute atomic E-state index is 12.1. The van der Waals surface area contributed by atoms with E-state index in [1.165, 1.54) is 5.56 Å². The minimum absolute atomic E-state index is 0.0951. The first kappa shape index (κ1) is 28.6. The molecule has 0 amide bonds. The second-order valence-electron chi connectivity index (χ2n) is 10.7. The van der Waals surface area contributed by atoms with Gasteiger partial charge in [-0.3, -0.25) is 4.79 Å². The largest absolute Gasteiger partial charge is 0.465 e. The molecule has 2 N–H and O–H groups in total. The number of carbonyl (C=O) groups excluding carboxylic acids is 1. The topological polar surface area (TPSA) is 91.2 Å². The number of ether oxygens (including phenoxy) is 1. The Kier molecular flexibility index (Phi) is 9.59. The third-order valence-corrected chi connectivity index (χ3v) is 7.77. The van der Waals surface area contributed by atoms with Gasteiger partial charge in [0.25, 0.3) is 0 Å². The van der Waals surface area contributed by atoms with Crippen LogP contribution in [0.25, 0.3) is 34.0 Å². The molecular weight excluding hydrogens is 506 g/mol. The Morgan fingerprint density at radius 3 is 1.92 bits per heavy atom. The fourth-order valence-electron chi connectivity index (χ4n) is 4.06. The molecule has 1 atom stereocenters. The Hall–Kier alpha value is -3.42. The molecule has 0 saturated heterocycles. The van der Waals surface area contributed by atoms with E-state index in [0.29, 0.717) is 31.4 Å². The van der Waals surface area contributed by atoms with E-state index in [0.717, 1.165) is 39.3 Å². The van der Waals surface area contributed by atoms with Crippen LogP contribution >= 0.6 is 11.8 Å². The summed E-state index contributed by atoms with van der Waals surface area (Å²) in [5, 5.41) is 8.51. The normalized spacial score (nSPS) is 12.3. The highest BCUT2D eigenvalue weighted by Crippen LogP contribution is 2.29. The van der Waals surface area contributed by atoms with E-state index in [1.807, 2.05) is 31.2 Å². The first-order chi connectivity index (χ1) is 18.7. The quantitative estimate of drug-likeness (QED) is 0.165. The van der Waals surface area contributed by atoms with Crippen molar-refractivity contribution in [2.45, 2.75) is 39.5 Å². The van der Waals surface area contributed by atoms with Gasteiger partial charge in [0.1, 0.15) is 0 Å². The highest BCUT2D eigenvalue weighted by molar-refractivity contribution is 7.99. The van der Waals surface area contributed by atoms with Crippen LogP contribution in [0, 0.1) is 5.92 Å². The lowest BCUT2D eigenvalue weighted by molar-refractivity contribution is -0.147. The van der Waals surface area contributed by atoms with Crippen LogP contribution in [0.5, 0.6) is 0 Å². The Morgan fingerprint density at radius 2 is 1.38 bits per heavy atom. The summed E-state index contributed by atoms with van der Waals surface area (Å²) < 4.78 is 11.4. The number of hydrogen-bond acceptors (Lipinski definition) is 7.